The van der Waals surface area contributed by atoms with Crippen LogP contribution in [0.25, 0.3) is 0 Å². The van der Waals surface area contributed by atoms with Crippen molar-refractivity contribution in [3.8, 4) is 0 Å². The Morgan fingerprint density at radius 2 is 1.61 bits per heavy atom. The monoisotopic (exact) mass is 786 g/mol. The number of nitrogens with zero attached hydrogens (tertiary/aromatic N) is 2. The maximum Gasteiger partial charge on any atom is 0.312 e. The summed E-state index contributed by atoms with van der Waals surface area (Å²) >= 11 is 0. The largest absolute Gasteiger partial charge is 0.462 e. The lowest BCUT2D eigenvalue weighted by Gasteiger charge is -2.72. The molecule has 0 saturated heterocycles. The summed E-state index contributed by atoms with van der Waals surface area (Å²) in [7, 11) is 0. The van der Waals surface area contributed by atoms with E-state index < -0.39 is 16.4 Å². The second-order valence-electron chi connectivity index (χ2n) is 22.0. The average Bonchev–Trinajstić information content (AvgIpc) is 3.40. The van der Waals surface area contributed by atoms with Crippen LogP contribution in [0.5, 0.6) is 0 Å². The predicted molar refractivity (Wildman–Crippen MR) is 221 cm³/mol. The zero-order chi connectivity index (χ0) is 42.1. The zero-order valence-electron chi connectivity index (χ0n) is 37.3. The molecular formula is C48H71N3O6. The Labute approximate surface area is 342 Å². The maximum absolute atomic E-state index is 14.1. The summed E-state index contributed by atoms with van der Waals surface area (Å²) in [5, 5.41) is 3.07. The summed E-state index contributed by atoms with van der Waals surface area (Å²) in [6.45, 7) is 27.5. The van der Waals surface area contributed by atoms with Crippen LogP contribution in [-0.2, 0) is 28.7 Å². The molecule has 1 aromatic heterocycles. The van der Waals surface area contributed by atoms with E-state index in [9.17, 15) is 19.2 Å². The lowest BCUT2D eigenvalue weighted by Crippen LogP contribution is -2.65. The Hall–Kier alpha value is -3.36. The van der Waals surface area contributed by atoms with Crippen LogP contribution >= 0.6 is 0 Å². The summed E-state index contributed by atoms with van der Waals surface area (Å²) in [5.74, 6) is 0.597. The lowest BCUT2D eigenvalue weighted by molar-refractivity contribution is -0.232. The average molecular weight is 786 g/mol. The number of aromatic nitrogens is 2. The van der Waals surface area contributed by atoms with Gasteiger partial charge < -0.3 is 14.8 Å². The molecule has 4 fully saturated rings. The van der Waals surface area contributed by atoms with E-state index in [1.807, 2.05) is 33.8 Å². The van der Waals surface area contributed by atoms with Gasteiger partial charge in [0.1, 0.15) is 18.0 Å². The molecule has 0 radical (unpaired) electrons. The highest BCUT2D eigenvalue weighted by Gasteiger charge is 2.70. The van der Waals surface area contributed by atoms with Crippen LogP contribution < -0.4 is 5.32 Å². The fourth-order valence-corrected chi connectivity index (χ4v) is 13.2. The molecule has 0 bridgehead atoms. The number of Topliss-reactive ketones (excluding diaryl/α,β-unsaturated/α-hetero) is 1. The fraction of sp³-hybridized carbons (Fsp3) is 0.750. The van der Waals surface area contributed by atoms with Gasteiger partial charge >= 0.3 is 11.9 Å². The van der Waals surface area contributed by atoms with E-state index in [4.69, 9.17) is 9.47 Å². The minimum absolute atomic E-state index is 0.00811. The first-order valence-corrected chi connectivity index (χ1v) is 21.8. The van der Waals surface area contributed by atoms with Gasteiger partial charge in [0, 0.05) is 23.4 Å². The third-order valence-electron chi connectivity index (χ3n) is 16.2. The van der Waals surface area contributed by atoms with Crippen molar-refractivity contribution in [1.29, 1.82) is 0 Å². The van der Waals surface area contributed by atoms with Gasteiger partial charge in [-0.1, -0.05) is 54.5 Å². The minimum Gasteiger partial charge on any atom is -0.462 e. The second kappa shape index (κ2) is 14.7. The molecule has 1 heterocycles. The van der Waals surface area contributed by atoms with E-state index >= 15 is 0 Å². The quantitative estimate of drug-likeness (QED) is 0.194. The fourth-order valence-electron chi connectivity index (χ4n) is 13.2. The maximum atomic E-state index is 14.1. The molecule has 9 heteroatoms. The van der Waals surface area contributed by atoms with E-state index in [2.05, 4.69) is 69.8 Å². The van der Waals surface area contributed by atoms with E-state index in [1.54, 1.807) is 26.1 Å². The Morgan fingerprint density at radius 1 is 0.912 bits per heavy atom. The number of fused-ring (bicyclic) bond motifs is 7. The number of ether oxygens (including phenoxy) is 2. The number of carbonyl (C=O) groups excluding carboxylic acids is 4. The van der Waals surface area contributed by atoms with Crippen molar-refractivity contribution in [2.24, 2.45) is 56.2 Å². The number of allylic oxidation sites excluding steroid dienone is 3. The van der Waals surface area contributed by atoms with Crippen molar-refractivity contribution in [1.82, 2.24) is 15.3 Å². The van der Waals surface area contributed by atoms with Crippen LogP contribution in [0.15, 0.2) is 41.9 Å². The number of ketones is 1. The third kappa shape index (κ3) is 7.45. The normalized spacial score (nSPS) is 35.5. The number of rotatable bonds is 9. The standard InChI is InChI=1S/C48H71N3O6/c1-29(2)39-33(52)26-48(22-18-37(53)51-30(3)32-19-25-49-28-50-32)24-23-46(12)31(40(39)48)14-15-35-45(11)20-17-36(44(9,10)34(45)16-21-47(35,46)13)56-38(54)27-43(7,8)41(55)57-42(4,5)6/h18-19,22,25,28-31,34-36H,14-17,20-21,23-24,26-27H2,1-13H3,(H,51,53)/b22-18+/t30-,31+,34-,35+,36-,45-,46+,47+,48-/m0/s1. The Morgan fingerprint density at radius 3 is 2.25 bits per heavy atom. The van der Waals surface area contributed by atoms with Crippen LogP contribution in [0.1, 0.15) is 166 Å². The number of hydrogen-bond donors (Lipinski definition) is 1. The first kappa shape index (κ1) is 43.2. The SMILES string of the molecule is CC(C)C1=C2[C@H]3CC[C@@H]4[C@@]5(C)CC[C@H](OC(=O)CC(C)(C)C(=O)OC(C)(C)C)C(C)(C)[C@@H]5CC[C@@]4(C)[C@]3(C)CC[C@@]2(/C=C/C(=O)N[C@@H](C)c2ccncn2)CC1=O. The first-order valence-electron chi connectivity index (χ1n) is 21.8. The molecule has 57 heavy (non-hydrogen) atoms. The van der Waals surface area contributed by atoms with E-state index in [0.29, 0.717) is 18.3 Å². The summed E-state index contributed by atoms with van der Waals surface area (Å²) in [6.07, 6.45) is 15.1. The van der Waals surface area contributed by atoms with E-state index in [0.717, 1.165) is 62.6 Å². The summed E-state index contributed by atoms with van der Waals surface area (Å²) in [5.41, 5.74) is 0.903. The zero-order valence-corrected chi connectivity index (χ0v) is 37.3. The van der Waals surface area contributed by atoms with E-state index in [-0.39, 0.29) is 75.7 Å². The molecular weight excluding hydrogens is 715 g/mol. The molecule has 4 saturated carbocycles. The van der Waals surface area contributed by atoms with Gasteiger partial charge in [-0.15, -0.1) is 0 Å². The van der Waals surface area contributed by atoms with E-state index in [1.165, 1.54) is 11.9 Å². The van der Waals surface area contributed by atoms with Crippen molar-refractivity contribution in [3.05, 3.63) is 47.6 Å². The van der Waals surface area contributed by atoms with Gasteiger partial charge in [0.15, 0.2) is 5.78 Å². The number of hydrogen-bond acceptors (Lipinski definition) is 8. The third-order valence-corrected chi connectivity index (χ3v) is 16.2. The molecule has 1 N–H and O–H groups in total. The van der Waals surface area contributed by atoms with Crippen LogP contribution in [0, 0.1) is 56.2 Å². The topological polar surface area (TPSA) is 125 Å². The van der Waals surface area contributed by atoms with Crippen molar-refractivity contribution >= 4 is 23.6 Å². The van der Waals surface area contributed by atoms with Crippen LogP contribution in [0.3, 0.4) is 0 Å². The van der Waals surface area contributed by atoms with Gasteiger partial charge in [-0.05, 0) is 156 Å². The highest BCUT2D eigenvalue weighted by atomic mass is 16.6. The van der Waals surface area contributed by atoms with Gasteiger partial charge in [0.2, 0.25) is 5.91 Å². The second-order valence-corrected chi connectivity index (χ2v) is 22.0. The molecule has 6 rings (SSSR count). The van der Waals surface area contributed by atoms with Crippen molar-refractivity contribution in [3.63, 3.8) is 0 Å². The molecule has 5 aliphatic carbocycles. The Balaban J connectivity index is 1.23. The van der Waals surface area contributed by atoms with Crippen LogP contribution in [0.4, 0.5) is 0 Å². The smallest absolute Gasteiger partial charge is 0.312 e. The molecule has 9 nitrogen and oxygen atoms in total. The van der Waals surface area contributed by atoms with Crippen molar-refractivity contribution in [2.45, 2.75) is 172 Å². The number of amides is 1. The van der Waals surface area contributed by atoms with Gasteiger partial charge in [-0.3, -0.25) is 19.2 Å². The van der Waals surface area contributed by atoms with Gasteiger partial charge in [0.25, 0.3) is 0 Å². The number of esters is 2. The van der Waals surface area contributed by atoms with Crippen molar-refractivity contribution < 1.29 is 28.7 Å². The highest BCUT2D eigenvalue weighted by Crippen LogP contribution is 2.77. The molecule has 0 aromatic carbocycles. The Kier molecular flexibility index (Phi) is 11.2. The lowest BCUT2D eigenvalue weighted by atomic mass is 9.33. The van der Waals surface area contributed by atoms with Gasteiger partial charge in [0.05, 0.1) is 23.6 Å². The Bertz CT molecular complexity index is 1820. The van der Waals surface area contributed by atoms with Gasteiger partial charge in [-0.2, -0.15) is 0 Å². The molecule has 0 aliphatic heterocycles. The summed E-state index contributed by atoms with van der Waals surface area (Å²) in [4.78, 5) is 62.2. The minimum atomic E-state index is -0.982. The first-order chi connectivity index (χ1) is 26.3. The molecule has 1 amide bonds. The summed E-state index contributed by atoms with van der Waals surface area (Å²) < 4.78 is 12.0. The molecule has 0 unspecified atom stereocenters. The molecule has 314 valence electrons. The number of nitrogens with one attached hydrogen (secondary N) is 1. The number of carbonyl (C=O) groups is 4. The van der Waals surface area contributed by atoms with Gasteiger partial charge in [-0.25, -0.2) is 9.97 Å². The van der Waals surface area contributed by atoms with Crippen LogP contribution in [-0.4, -0.2) is 45.3 Å². The van der Waals surface area contributed by atoms with Crippen molar-refractivity contribution in [2.75, 3.05) is 0 Å². The van der Waals surface area contributed by atoms with Crippen LogP contribution in [0.2, 0.25) is 0 Å². The highest BCUT2D eigenvalue weighted by molar-refractivity contribution is 6.01. The molecule has 0 spiro atoms. The molecule has 9 atom stereocenters. The predicted octanol–water partition coefficient (Wildman–Crippen LogP) is 9.86. The molecule has 5 aliphatic rings. The molecule has 1 aromatic rings. The summed E-state index contributed by atoms with van der Waals surface area (Å²) in [6, 6.07) is 1.55.